The summed E-state index contributed by atoms with van der Waals surface area (Å²) in [5, 5.41) is 21.5. The lowest BCUT2D eigenvalue weighted by atomic mass is 9.44. The number of rotatable bonds is 3. The van der Waals surface area contributed by atoms with E-state index in [1.54, 1.807) is 0 Å². The van der Waals surface area contributed by atoms with Crippen molar-refractivity contribution in [1.82, 2.24) is 0 Å². The zero-order valence-corrected chi connectivity index (χ0v) is 16.8. The van der Waals surface area contributed by atoms with Crippen molar-refractivity contribution in [3.63, 3.8) is 0 Å². The number of hydrogen-bond donors (Lipinski definition) is 2. The highest BCUT2D eigenvalue weighted by Gasteiger charge is 2.61. The van der Waals surface area contributed by atoms with Crippen LogP contribution in [-0.4, -0.2) is 27.7 Å². The van der Waals surface area contributed by atoms with Gasteiger partial charge in [0.05, 0.1) is 5.60 Å². The highest BCUT2D eigenvalue weighted by molar-refractivity contribution is 5.11. The molecular formula is C21H38O4. The Kier molecular flexibility index (Phi) is 5.07. The minimum Gasteiger partial charge on any atom is -0.389 e. The molecule has 0 bridgehead atoms. The van der Waals surface area contributed by atoms with Gasteiger partial charge in [0.25, 0.3) is 0 Å². The van der Waals surface area contributed by atoms with Gasteiger partial charge >= 0.3 is 0 Å². The molecule has 3 rings (SSSR count). The van der Waals surface area contributed by atoms with Crippen molar-refractivity contribution >= 4 is 0 Å². The first-order chi connectivity index (χ1) is 11.5. The Hall–Kier alpha value is -0.160. The van der Waals surface area contributed by atoms with E-state index in [0.717, 1.165) is 32.1 Å². The van der Waals surface area contributed by atoms with Crippen LogP contribution in [0.1, 0.15) is 92.4 Å². The van der Waals surface area contributed by atoms with Gasteiger partial charge in [-0.2, -0.15) is 0 Å². The van der Waals surface area contributed by atoms with Gasteiger partial charge in [0.15, 0.2) is 6.29 Å². The van der Waals surface area contributed by atoms with E-state index in [9.17, 15) is 10.2 Å². The third-order valence-corrected chi connectivity index (χ3v) is 8.24. The van der Waals surface area contributed by atoms with Crippen molar-refractivity contribution < 1.29 is 20.0 Å². The normalized spacial score (nSPS) is 50.3. The van der Waals surface area contributed by atoms with Crippen molar-refractivity contribution in [2.24, 2.45) is 22.7 Å². The molecule has 0 aromatic rings. The number of fused-ring (bicyclic) bond motifs is 1. The molecule has 2 aliphatic carbocycles. The van der Waals surface area contributed by atoms with Crippen LogP contribution in [0, 0.1) is 22.7 Å². The van der Waals surface area contributed by atoms with Gasteiger partial charge in [0.1, 0.15) is 5.60 Å². The second-order valence-electron chi connectivity index (χ2n) is 10.3. The van der Waals surface area contributed by atoms with Gasteiger partial charge in [-0.15, -0.1) is 0 Å². The Bertz CT molecular complexity index is 482. The summed E-state index contributed by atoms with van der Waals surface area (Å²) in [5.74, 6) is 0.884. The maximum absolute atomic E-state index is 12.0. The van der Waals surface area contributed by atoms with Crippen LogP contribution < -0.4 is 0 Å². The van der Waals surface area contributed by atoms with E-state index < -0.39 is 17.5 Å². The molecule has 1 heterocycles. The quantitative estimate of drug-likeness (QED) is 0.728. The molecule has 25 heavy (non-hydrogen) atoms. The van der Waals surface area contributed by atoms with Gasteiger partial charge in [-0.3, -0.25) is 0 Å². The number of aliphatic hydroxyl groups excluding tert-OH is 1. The largest absolute Gasteiger partial charge is 0.389 e. The van der Waals surface area contributed by atoms with Crippen LogP contribution in [-0.2, 0) is 9.78 Å². The van der Waals surface area contributed by atoms with Crippen LogP contribution in [0.15, 0.2) is 0 Å². The zero-order valence-electron chi connectivity index (χ0n) is 16.8. The number of hydrogen-bond acceptors (Lipinski definition) is 4. The molecule has 3 fully saturated rings. The van der Waals surface area contributed by atoms with Crippen LogP contribution in [0.5, 0.6) is 0 Å². The highest BCUT2D eigenvalue weighted by atomic mass is 17.2. The average molecular weight is 355 g/mol. The van der Waals surface area contributed by atoms with Gasteiger partial charge in [-0.25, -0.2) is 9.78 Å². The Morgan fingerprint density at radius 2 is 1.68 bits per heavy atom. The number of aliphatic hydroxyl groups is 2. The molecule has 0 radical (unpaired) electrons. The van der Waals surface area contributed by atoms with Crippen LogP contribution in [0.4, 0.5) is 0 Å². The molecule has 1 saturated heterocycles. The maximum Gasteiger partial charge on any atom is 0.188 e. The maximum atomic E-state index is 12.0. The molecule has 4 nitrogen and oxygen atoms in total. The molecule has 0 aromatic carbocycles. The van der Waals surface area contributed by atoms with E-state index in [1.807, 2.05) is 6.92 Å². The molecule has 0 amide bonds. The van der Waals surface area contributed by atoms with Gasteiger partial charge in [0.2, 0.25) is 0 Å². The summed E-state index contributed by atoms with van der Waals surface area (Å²) in [7, 11) is 0. The summed E-state index contributed by atoms with van der Waals surface area (Å²) in [6, 6.07) is 0. The Balaban J connectivity index is 1.79. The van der Waals surface area contributed by atoms with E-state index in [4.69, 9.17) is 9.78 Å². The molecule has 0 spiro atoms. The molecule has 6 atom stereocenters. The van der Waals surface area contributed by atoms with Gasteiger partial charge < -0.3 is 10.2 Å². The van der Waals surface area contributed by atoms with Crippen LogP contribution >= 0.6 is 0 Å². The molecule has 2 saturated carbocycles. The molecule has 4 heteroatoms. The molecule has 2 N–H and O–H groups in total. The predicted molar refractivity (Wildman–Crippen MR) is 97.6 cm³/mol. The molecule has 4 unspecified atom stereocenters. The smallest absolute Gasteiger partial charge is 0.188 e. The summed E-state index contributed by atoms with van der Waals surface area (Å²) >= 11 is 0. The third-order valence-electron chi connectivity index (χ3n) is 8.24. The topological polar surface area (TPSA) is 58.9 Å². The Labute approximate surface area is 153 Å². The van der Waals surface area contributed by atoms with Gasteiger partial charge in [0, 0.05) is 6.42 Å². The second kappa shape index (κ2) is 6.47. The van der Waals surface area contributed by atoms with Crippen molar-refractivity contribution in [2.75, 3.05) is 0 Å². The minimum atomic E-state index is -0.814. The fourth-order valence-electron chi connectivity index (χ4n) is 6.41. The van der Waals surface area contributed by atoms with Crippen LogP contribution in [0.3, 0.4) is 0 Å². The second-order valence-corrected chi connectivity index (χ2v) is 10.3. The SMILES string of the molecule is CC1CCC2C(C)(C)CCC[C@]2(C)[C@@]1(O)CCC1(C)CCC(O)OO1. The van der Waals surface area contributed by atoms with Gasteiger partial charge in [-0.05, 0) is 74.5 Å². The lowest BCUT2D eigenvalue weighted by molar-refractivity contribution is -0.442. The summed E-state index contributed by atoms with van der Waals surface area (Å²) in [6.45, 7) is 11.4. The molecule has 3 aliphatic rings. The third kappa shape index (κ3) is 3.28. The Morgan fingerprint density at radius 3 is 2.32 bits per heavy atom. The first kappa shape index (κ1) is 19.6. The fraction of sp³-hybridized carbons (Fsp3) is 1.00. The first-order valence-electron chi connectivity index (χ1n) is 10.3. The molecule has 1 aliphatic heterocycles. The molecular weight excluding hydrogens is 316 g/mol. The van der Waals surface area contributed by atoms with E-state index >= 15 is 0 Å². The monoisotopic (exact) mass is 354 g/mol. The van der Waals surface area contributed by atoms with Crippen molar-refractivity contribution in [1.29, 1.82) is 0 Å². The van der Waals surface area contributed by atoms with Crippen LogP contribution in [0.2, 0.25) is 0 Å². The lowest BCUT2D eigenvalue weighted by Crippen LogP contribution is -2.62. The summed E-state index contributed by atoms with van der Waals surface area (Å²) in [6.07, 6.45) is 7.99. The zero-order chi connectivity index (χ0) is 18.5. The highest BCUT2D eigenvalue weighted by Crippen LogP contribution is 2.63. The summed E-state index contributed by atoms with van der Waals surface area (Å²) in [5.41, 5.74) is -0.796. The van der Waals surface area contributed by atoms with E-state index in [2.05, 4.69) is 27.7 Å². The summed E-state index contributed by atoms with van der Waals surface area (Å²) < 4.78 is 0. The Morgan fingerprint density at radius 1 is 0.960 bits per heavy atom. The van der Waals surface area contributed by atoms with E-state index in [0.29, 0.717) is 23.7 Å². The van der Waals surface area contributed by atoms with E-state index in [1.165, 1.54) is 19.3 Å². The average Bonchev–Trinajstić information content (AvgIpc) is 2.53. The standard InChI is InChI=1S/C21H38O4/c1-15-7-8-16-18(2,3)10-6-11-20(16,5)21(15,23)14-13-19(4)12-9-17(22)24-25-19/h15-17,22-23H,6-14H2,1-5H3/t15?,16?,17?,19?,20-,21+/m0/s1. The fourth-order valence-corrected chi connectivity index (χ4v) is 6.41. The van der Waals surface area contributed by atoms with Crippen LogP contribution in [0.25, 0.3) is 0 Å². The van der Waals surface area contributed by atoms with E-state index in [-0.39, 0.29) is 5.41 Å². The van der Waals surface area contributed by atoms with Gasteiger partial charge in [-0.1, -0.05) is 34.1 Å². The van der Waals surface area contributed by atoms with Crippen molar-refractivity contribution in [3.8, 4) is 0 Å². The molecule has 146 valence electrons. The predicted octanol–water partition coefficient (Wildman–Crippen LogP) is 4.58. The summed E-state index contributed by atoms with van der Waals surface area (Å²) in [4.78, 5) is 10.5. The molecule has 0 aromatic heterocycles. The minimum absolute atomic E-state index is 0.0299. The lowest BCUT2D eigenvalue weighted by Gasteiger charge is -2.63. The van der Waals surface area contributed by atoms with Crippen molar-refractivity contribution in [2.45, 2.75) is 110 Å². The first-order valence-corrected chi connectivity index (χ1v) is 10.3. The van der Waals surface area contributed by atoms with Crippen molar-refractivity contribution in [3.05, 3.63) is 0 Å².